The molecular weight excluding hydrogens is 272 g/mol. The molecule has 1 heterocycles. The van der Waals surface area contributed by atoms with Gasteiger partial charge in [0.25, 0.3) is 6.01 Å². The first-order chi connectivity index (χ1) is 10.0. The molecule has 21 heavy (non-hydrogen) atoms. The van der Waals surface area contributed by atoms with Crippen LogP contribution in [0.2, 0.25) is 0 Å². The Labute approximate surface area is 122 Å². The molecule has 1 unspecified atom stereocenters. The van der Waals surface area contributed by atoms with Crippen LogP contribution in [0.5, 0.6) is 0 Å². The van der Waals surface area contributed by atoms with Crippen molar-refractivity contribution in [3.05, 3.63) is 23.8 Å². The fourth-order valence-corrected chi connectivity index (χ4v) is 2.32. The summed E-state index contributed by atoms with van der Waals surface area (Å²) in [5.74, 6) is -0.771. The standard InChI is InChI=1S/C15H20N2O4/c1-3-9(4-2)12(18)8-16-15-17-11-6-5-10(14(19)20)7-13(11)21-15/h5-7,9,12,18H,3-4,8H2,1-2H3,(H,16,17)(H,19,20). The lowest BCUT2D eigenvalue weighted by Gasteiger charge is -2.19. The molecule has 2 aromatic rings. The van der Waals surface area contributed by atoms with E-state index in [1.54, 1.807) is 6.07 Å². The Hall–Kier alpha value is -2.08. The molecule has 0 radical (unpaired) electrons. The van der Waals surface area contributed by atoms with Gasteiger partial charge in [0.2, 0.25) is 0 Å². The van der Waals surface area contributed by atoms with Crippen molar-refractivity contribution in [1.29, 1.82) is 0 Å². The molecule has 6 nitrogen and oxygen atoms in total. The number of carboxylic acid groups (broad SMARTS) is 1. The van der Waals surface area contributed by atoms with Crippen molar-refractivity contribution in [2.75, 3.05) is 11.9 Å². The highest BCUT2D eigenvalue weighted by Crippen LogP contribution is 2.21. The van der Waals surface area contributed by atoms with E-state index in [0.717, 1.165) is 12.8 Å². The molecule has 0 aliphatic rings. The van der Waals surface area contributed by atoms with Crippen molar-refractivity contribution >= 4 is 23.1 Å². The van der Waals surface area contributed by atoms with E-state index < -0.39 is 12.1 Å². The summed E-state index contributed by atoms with van der Waals surface area (Å²) in [6.45, 7) is 4.44. The van der Waals surface area contributed by atoms with Gasteiger partial charge in [-0.1, -0.05) is 26.7 Å². The van der Waals surface area contributed by atoms with E-state index in [2.05, 4.69) is 10.3 Å². The molecule has 6 heteroatoms. The number of carbonyl (C=O) groups is 1. The van der Waals surface area contributed by atoms with Crippen molar-refractivity contribution in [3.63, 3.8) is 0 Å². The van der Waals surface area contributed by atoms with E-state index in [1.165, 1.54) is 12.1 Å². The molecule has 1 atom stereocenters. The molecule has 3 N–H and O–H groups in total. The number of aromatic carboxylic acids is 1. The first-order valence-electron chi connectivity index (χ1n) is 7.11. The maximum absolute atomic E-state index is 10.9. The summed E-state index contributed by atoms with van der Waals surface area (Å²) in [6, 6.07) is 4.81. The molecule has 0 amide bonds. The Morgan fingerprint density at radius 1 is 1.38 bits per heavy atom. The summed E-state index contributed by atoms with van der Waals surface area (Å²) in [5.41, 5.74) is 1.15. The average Bonchev–Trinajstić information content (AvgIpc) is 2.88. The summed E-state index contributed by atoms with van der Waals surface area (Å²) in [7, 11) is 0. The van der Waals surface area contributed by atoms with Crippen molar-refractivity contribution < 1.29 is 19.4 Å². The Morgan fingerprint density at radius 2 is 2.10 bits per heavy atom. The minimum atomic E-state index is -1.01. The van der Waals surface area contributed by atoms with Crippen LogP contribution in [0, 0.1) is 5.92 Å². The zero-order chi connectivity index (χ0) is 15.4. The van der Waals surface area contributed by atoms with Gasteiger partial charge in [0.15, 0.2) is 5.58 Å². The Bertz CT molecular complexity index is 619. The lowest BCUT2D eigenvalue weighted by Crippen LogP contribution is -2.27. The molecule has 2 rings (SSSR count). The van der Waals surface area contributed by atoms with Gasteiger partial charge in [-0.05, 0) is 24.1 Å². The number of rotatable bonds is 7. The number of nitrogens with one attached hydrogen (secondary N) is 1. The predicted octanol–water partition coefficient (Wildman–Crippen LogP) is 2.74. The zero-order valence-corrected chi connectivity index (χ0v) is 12.2. The Morgan fingerprint density at radius 3 is 2.71 bits per heavy atom. The summed E-state index contributed by atoms with van der Waals surface area (Å²) in [4.78, 5) is 15.1. The third-order valence-electron chi connectivity index (χ3n) is 3.69. The van der Waals surface area contributed by atoms with E-state index in [0.29, 0.717) is 17.6 Å². The summed E-state index contributed by atoms with van der Waals surface area (Å²) < 4.78 is 5.46. The Kier molecular flexibility index (Phi) is 4.80. The molecule has 0 bridgehead atoms. The summed E-state index contributed by atoms with van der Waals surface area (Å²) >= 11 is 0. The third kappa shape index (κ3) is 3.52. The quantitative estimate of drug-likeness (QED) is 0.726. The average molecular weight is 292 g/mol. The van der Waals surface area contributed by atoms with Gasteiger partial charge in [0, 0.05) is 6.54 Å². The van der Waals surface area contributed by atoms with Crippen molar-refractivity contribution in [1.82, 2.24) is 4.98 Å². The van der Waals surface area contributed by atoms with Gasteiger partial charge in [-0.15, -0.1) is 0 Å². The largest absolute Gasteiger partial charge is 0.478 e. The molecule has 1 aromatic carbocycles. The van der Waals surface area contributed by atoms with Crippen LogP contribution in [0.4, 0.5) is 6.01 Å². The summed E-state index contributed by atoms with van der Waals surface area (Å²) in [6.07, 6.45) is 1.36. The molecule has 0 spiro atoms. The fraction of sp³-hybridized carbons (Fsp3) is 0.467. The van der Waals surface area contributed by atoms with E-state index in [-0.39, 0.29) is 17.5 Å². The number of hydrogen-bond acceptors (Lipinski definition) is 5. The number of anilines is 1. The maximum Gasteiger partial charge on any atom is 0.335 e. The van der Waals surface area contributed by atoms with Gasteiger partial charge in [-0.2, -0.15) is 4.98 Å². The molecule has 0 saturated heterocycles. The molecule has 114 valence electrons. The first kappa shape index (κ1) is 15.3. The number of oxazole rings is 1. The zero-order valence-electron chi connectivity index (χ0n) is 12.2. The second kappa shape index (κ2) is 6.58. The second-order valence-corrected chi connectivity index (χ2v) is 5.03. The van der Waals surface area contributed by atoms with E-state index in [9.17, 15) is 9.90 Å². The minimum Gasteiger partial charge on any atom is -0.478 e. The monoisotopic (exact) mass is 292 g/mol. The van der Waals surface area contributed by atoms with Crippen LogP contribution in [-0.4, -0.2) is 33.8 Å². The van der Waals surface area contributed by atoms with E-state index in [1.807, 2.05) is 13.8 Å². The number of hydrogen-bond donors (Lipinski definition) is 3. The molecule has 0 aliphatic carbocycles. The van der Waals surface area contributed by atoms with E-state index in [4.69, 9.17) is 9.52 Å². The number of benzene rings is 1. The van der Waals surface area contributed by atoms with Crippen LogP contribution in [-0.2, 0) is 0 Å². The van der Waals surface area contributed by atoms with Gasteiger partial charge < -0.3 is 19.9 Å². The Balaban J connectivity index is 2.07. The van der Waals surface area contributed by atoms with Gasteiger partial charge in [0.1, 0.15) is 5.52 Å². The number of aromatic nitrogens is 1. The first-order valence-corrected chi connectivity index (χ1v) is 7.11. The minimum absolute atomic E-state index is 0.155. The van der Waals surface area contributed by atoms with Gasteiger partial charge in [-0.3, -0.25) is 0 Å². The molecule has 0 saturated carbocycles. The number of aliphatic hydroxyl groups excluding tert-OH is 1. The number of aliphatic hydroxyl groups is 1. The SMILES string of the molecule is CCC(CC)C(O)CNc1nc2ccc(C(=O)O)cc2o1. The van der Waals surface area contributed by atoms with Gasteiger partial charge >= 0.3 is 5.97 Å². The molecule has 0 fully saturated rings. The topological polar surface area (TPSA) is 95.6 Å². The number of fused-ring (bicyclic) bond motifs is 1. The predicted molar refractivity (Wildman–Crippen MR) is 79.5 cm³/mol. The van der Waals surface area contributed by atoms with Crippen molar-refractivity contribution in [2.24, 2.45) is 5.92 Å². The lowest BCUT2D eigenvalue weighted by molar-refractivity contribution is 0.0697. The summed E-state index contributed by atoms with van der Waals surface area (Å²) in [5, 5.41) is 21.9. The van der Waals surface area contributed by atoms with Crippen LogP contribution < -0.4 is 5.32 Å². The second-order valence-electron chi connectivity index (χ2n) is 5.03. The molecular formula is C15H20N2O4. The normalized spacial score (nSPS) is 12.8. The molecule has 0 aliphatic heterocycles. The van der Waals surface area contributed by atoms with Gasteiger partial charge in [0.05, 0.1) is 11.7 Å². The third-order valence-corrected chi connectivity index (χ3v) is 3.69. The fourth-order valence-electron chi connectivity index (χ4n) is 2.32. The highest BCUT2D eigenvalue weighted by atomic mass is 16.4. The lowest BCUT2D eigenvalue weighted by atomic mass is 9.97. The maximum atomic E-state index is 10.9. The van der Waals surface area contributed by atoms with Crippen LogP contribution >= 0.6 is 0 Å². The van der Waals surface area contributed by atoms with Crippen LogP contribution in [0.25, 0.3) is 11.1 Å². The van der Waals surface area contributed by atoms with Crippen LogP contribution in [0.15, 0.2) is 22.6 Å². The van der Waals surface area contributed by atoms with Crippen molar-refractivity contribution in [3.8, 4) is 0 Å². The van der Waals surface area contributed by atoms with Crippen LogP contribution in [0.3, 0.4) is 0 Å². The van der Waals surface area contributed by atoms with E-state index >= 15 is 0 Å². The number of carboxylic acids is 1. The highest BCUT2D eigenvalue weighted by Gasteiger charge is 2.16. The van der Waals surface area contributed by atoms with Crippen molar-refractivity contribution in [2.45, 2.75) is 32.8 Å². The molecule has 1 aromatic heterocycles. The smallest absolute Gasteiger partial charge is 0.335 e. The van der Waals surface area contributed by atoms with Gasteiger partial charge in [-0.25, -0.2) is 4.79 Å². The highest BCUT2D eigenvalue weighted by molar-refractivity contribution is 5.92. The number of nitrogens with zero attached hydrogens (tertiary/aromatic N) is 1. The van der Waals surface area contributed by atoms with Crippen LogP contribution in [0.1, 0.15) is 37.0 Å².